The van der Waals surface area contributed by atoms with Crippen molar-refractivity contribution in [2.24, 2.45) is 11.5 Å². The fourth-order valence-electron chi connectivity index (χ4n) is 1.33. The van der Waals surface area contributed by atoms with E-state index in [2.05, 4.69) is 0 Å². The molecule has 0 aromatic heterocycles. The summed E-state index contributed by atoms with van der Waals surface area (Å²) in [5.74, 6) is -1.17. The van der Waals surface area contributed by atoms with Gasteiger partial charge in [0.15, 0.2) is 5.85 Å². The van der Waals surface area contributed by atoms with Crippen molar-refractivity contribution in [3.05, 3.63) is 35.4 Å². The summed E-state index contributed by atoms with van der Waals surface area (Å²) >= 11 is 0. The standard InChI is InChI=1S/C10H16N2O/c1-3-13-10(11,12)9-7-5-4-6-8(9)2/h4-7H,3,11-12H2,1-2H3. The lowest BCUT2D eigenvalue weighted by atomic mass is 10.1. The second-order valence-electron chi connectivity index (χ2n) is 3.04. The van der Waals surface area contributed by atoms with E-state index >= 15 is 0 Å². The first-order valence-corrected chi connectivity index (χ1v) is 4.35. The Balaban J connectivity index is 2.99. The Morgan fingerprint density at radius 3 is 2.46 bits per heavy atom. The second kappa shape index (κ2) is 3.87. The van der Waals surface area contributed by atoms with E-state index in [1.165, 1.54) is 0 Å². The zero-order chi connectivity index (χ0) is 9.90. The molecule has 1 aromatic carbocycles. The molecule has 3 heteroatoms. The highest BCUT2D eigenvalue weighted by atomic mass is 16.5. The van der Waals surface area contributed by atoms with Crippen molar-refractivity contribution >= 4 is 0 Å². The summed E-state index contributed by atoms with van der Waals surface area (Å²) in [6.45, 7) is 4.33. The Hall–Kier alpha value is -0.900. The lowest BCUT2D eigenvalue weighted by Gasteiger charge is -2.26. The molecule has 0 bridgehead atoms. The molecular weight excluding hydrogens is 164 g/mol. The molecular formula is C10H16N2O. The predicted octanol–water partition coefficient (Wildman–Crippen LogP) is 1.06. The summed E-state index contributed by atoms with van der Waals surface area (Å²) in [6, 6.07) is 7.69. The maximum absolute atomic E-state index is 5.80. The van der Waals surface area contributed by atoms with Crippen molar-refractivity contribution in [2.75, 3.05) is 6.61 Å². The van der Waals surface area contributed by atoms with Gasteiger partial charge >= 0.3 is 0 Å². The number of hydrogen-bond acceptors (Lipinski definition) is 3. The molecule has 1 aromatic rings. The third-order valence-electron chi connectivity index (χ3n) is 1.95. The molecule has 0 unspecified atom stereocenters. The molecule has 1 rings (SSSR count). The minimum absolute atomic E-state index is 0.501. The number of benzene rings is 1. The lowest BCUT2D eigenvalue weighted by molar-refractivity contribution is -0.0352. The average molecular weight is 180 g/mol. The summed E-state index contributed by atoms with van der Waals surface area (Å²) in [4.78, 5) is 0. The fraction of sp³-hybridized carbons (Fsp3) is 0.400. The third-order valence-corrected chi connectivity index (χ3v) is 1.95. The Labute approximate surface area is 78.7 Å². The van der Waals surface area contributed by atoms with Crippen molar-refractivity contribution in [2.45, 2.75) is 19.7 Å². The van der Waals surface area contributed by atoms with Gasteiger partial charge < -0.3 is 4.74 Å². The molecule has 0 saturated heterocycles. The molecule has 0 spiro atoms. The smallest absolute Gasteiger partial charge is 0.197 e. The first-order chi connectivity index (χ1) is 6.08. The van der Waals surface area contributed by atoms with Crippen LogP contribution in [0, 0.1) is 6.92 Å². The van der Waals surface area contributed by atoms with Crippen LogP contribution in [0.5, 0.6) is 0 Å². The third kappa shape index (κ3) is 2.28. The van der Waals surface area contributed by atoms with E-state index < -0.39 is 5.85 Å². The van der Waals surface area contributed by atoms with Gasteiger partial charge in [-0.25, -0.2) is 0 Å². The summed E-state index contributed by atoms with van der Waals surface area (Å²) in [6.07, 6.45) is 0. The molecule has 13 heavy (non-hydrogen) atoms. The Bertz CT molecular complexity index is 284. The molecule has 0 saturated carbocycles. The number of aryl methyl sites for hydroxylation is 1. The van der Waals surface area contributed by atoms with Gasteiger partial charge in [0.1, 0.15) is 0 Å². The van der Waals surface area contributed by atoms with Gasteiger partial charge in [0.25, 0.3) is 0 Å². The van der Waals surface area contributed by atoms with Crippen molar-refractivity contribution in [3.8, 4) is 0 Å². The van der Waals surface area contributed by atoms with Crippen LogP contribution < -0.4 is 11.5 Å². The molecule has 0 atom stereocenters. The van der Waals surface area contributed by atoms with E-state index in [0.29, 0.717) is 6.61 Å². The summed E-state index contributed by atoms with van der Waals surface area (Å²) in [7, 11) is 0. The fourth-order valence-corrected chi connectivity index (χ4v) is 1.33. The van der Waals surface area contributed by atoms with Crippen LogP contribution in [0.2, 0.25) is 0 Å². The van der Waals surface area contributed by atoms with Gasteiger partial charge in [-0.15, -0.1) is 0 Å². The Morgan fingerprint density at radius 1 is 1.31 bits per heavy atom. The Morgan fingerprint density at radius 2 is 1.92 bits per heavy atom. The molecule has 0 heterocycles. The zero-order valence-corrected chi connectivity index (χ0v) is 8.08. The molecule has 0 amide bonds. The zero-order valence-electron chi connectivity index (χ0n) is 8.08. The van der Waals surface area contributed by atoms with E-state index in [9.17, 15) is 0 Å². The summed E-state index contributed by atoms with van der Waals surface area (Å²) in [5, 5.41) is 0. The highest BCUT2D eigenvalue weighted by molar-refractivity contribution is 5.29. The van der Waals surface area contributed by atoms with Crippen LogP contribution in [0.3, 0.4) is 0 Å². The van der Waals surface area contributed by atoms with Crippen LogP contribution in [-0.4, -0.2) is 6.61 Å². The predicted molar refractivity (Wildman–Crippen MR) is 52.9 cm³/mol. The van der Waals surface area contributed by atoms with E-state index in [4.69, 9.17) is 16.2 Å². The Kier molecular flexibility index (Phi) is 3.03. The van der Waals surface area contributed by atoms with Gasteiger partial charge in [0.2, 0.25) is 0 Å². The van der Waals surface area contributed by atoms with Crippen molar-refractivity contribution < 1.29 is 4.74 Å². The van der Waals surface area contributed by atoms with E-state index in [0.717, 1.165) is 11.1 Å². The number of ether oxygens (including phenoxy) is 1. The maximum atomic E-state index is 5.80. The molecule has 0 radical (unpaired) electrons. The molecule has 3 nitrogen and oxygen atoms in total. The van der Waals surface area contributed by atoms with Crippen LogP contribution in [0.15, 0.2) is 24.3 Å². The van der Waals surface area contributed by atoms with E-state index in [1.54, 1.807) is 0 Å². The summed E-state index contributed by atoms with van der Waals surface area (Å²) < 4.78 is 5.25. The topological polar surface area (TPSA) is 61.3 Å². The maximum Gasteiger partial charge on any atom is 0.197 e. The molecule has 0 aliphatic heterocycles. The van der Waals surface area contributed by atoms with Crippen molar-refractivity contribution in [1.29, 1.82) is 0 Å². The van der Waals surface area contributed by atoms with Crippen molar-refractivity contribution in [3.63, 3.8) is 0 Å². The quantitative estimate of drug-likeness (QED) is 0.684. The normalized spacial score (nSPS) is 11.7. The number of rotatable bonds is 3. The minimum atomic E-state index is -1.17. The van der Waals surface area contributed by atoms with Crippen LogP contribution in [0.1, 0.15) is 18.1 Å². The largest absolute Gasteiger partial charge is 0.344 e. The highest BCUT2D eigenvalue weighted by Gasteiger charge is 2.23. The molecule has 0 fully saturated rings. The van der Waals surface area contributed by atoms with E-state index in [-0.39, 0.29) is 0 Å². The van der Waals surface area contributed by atoms with Gasteiger partial charge in [-0.3, -0.25) is 11.5 Å². The SMILES string of the molecule is CCOC(N)(N)c1ccccc1C. The number of nitrogens with two attached hydrogens (primary N) is 2. The lowest BCUT2D eigenvalue weighted by Crippen LogP contribution is -2.49. The van der Waals surface area contributed by atoms with Gasteiger partial charge in [-0.05, 0) is 19.4 Å². The monoisotopic (exact) mass is 180 g/mol. The van der Waals surface area contributed by atoms with Crippen LogP contribution >= 0.6 is 0 Å². The first-order valence-electron chi connectivity index (χ1n) is 4.35. The minimum Gasteiger partial charge on any atom is -0.344 e. The van der Waals surface area contributed by atoms with E-state index in [1.807, 2.05) is 38.1 Å². The van der Waals surface area contributed by atoms with Crippen LogP contribution in [0.4, 0.5) is 0 Å². The van der Waals surface area contributed by atoms with Gasteiger partial charge in [-0.2, -0.15) is 0 Å². The molecule has 0 aliphatic carbocycles. The van der Waals surface area contributed by atoms with Gasteiger partial charge in [0.05, 0.1) is 0 Å². The first kappa shape index (κ1) is 10.2. The van der Waals surface area contributed by atoms with Crippen LogP contribution in [0.25, 0.3) is 0 Å². The average Bonchev–Trinajstić information content (AvgIpc) is 2.04. The summed E-state index contributed by atoms with van der Waals surface area (Å²) in [5.41, 5.74) is 13.5. The number of hydrogen-bond donors (Lipinski definition) is 2. The molecule has 0 aliphatic rings. The van der Waals surface area contributed by atoms with Gasteiger partial charge in [-0.1, -0.05) is 24.3 Å². The molecule has 72 valence electrons. The van der Waals surface area contributed by atoms with Gasteiger partial charge in [0, 0.05) is 12.2 Å². The second-order valence-corrected chi connectivity index (χ2v) is 3.04. The molecule has 4 N–H and O–H groups in total. The highest BCUT2D eigenvalue weighted by Crippen LogP contribution is 2.17. The van der Waals surface area contributed by atoms with Crippen LogP contribution in [-0.2, 0) is 10.6 Å². The van der Waals surface area contributed by atoms with Crippen molar-refractivity contribution in [1.82, 2.24) is 0 Å².